The Labute approximate surface area is 115 Å². The minimum Gasteiger partial charge on any atom is -0.348 e. The molecule has 1 heterocycles. The largest absolute Gasteiger partial charge is 0.348 e. The summed E-state index contributed by atoms with van der Waals surface area (Å²) in [6.07, 6.45) is 2.89. The number of hydrogen-bond acceptors (Lipinski definition) is 3. The van der Waals surface area contributed by atoms with Crippen molar-refractivity contribution in [2.75, 3.05) is 13.2 Å². The third-order valence-electron chi connectivity index (χ3n) is 3.77. The minimum absolute atomic E-state index is 0.168. The Morgan fingerprint density at radius 2 is 2.16 bits per heavy atom. The van der Waals surface area contributed by atoms with Gasteiger partial charge in [0.25, 0.3) is 0 Å². The molecule has 0 radical (unpaired) electrons. The van der Waals surface area contributed by atoms with Crippen LogP contribution in [0.15, 0.2) is 24.3 Å². The van der Waals surface area contributed by atoms with Gasteiger partial charge in [0.15, 0.2) is 5.79 Å². The number of nitrogens with one attached hydrogen (secondary N) is 1. The van der Waals surface area contributed by atoms with Gasteiger partial charge in [0.2, 0.25) is 0 Å². The van der Waals surface area contributed by atoms with E-state index in [4.69, 9.17) is 9.47 Å². The first kappa shape index (κ1) is 13.1. The third kappa shape index (κ3) is 3.56. The van der Waals surface area contributed by atoms with Gasteiger partial charge < -0.3 is 14.8 Å². The van der Waals surface area contributed by atoms with Gasteiger partial charge in [-0.15, -0.1) is 0 Å². The molecule has 1 unspecified atom stereocenters. The molecule has 19 heavy (non-hydrogen) atoms. The Hall–Kier alpha value is -0.900. The maximum atomic E-state index is 5.77. The first-order chi connectivity index (χ1) is 9.12. The highest BCUT2D eigenvalue weighted by Crippen LogP contribution is 2.40. The fourth-order valence-corrected chi connectivity index (χ4v) is 2.61. The van der Waals surface area contributed by atoms with Crippen LogP contribution in [0, 0.1) is 0 Å². The van der Waals surface area contributed by atoms with E-state index in [0.29, 0.717) is 6.61 Å². The van der Waals surface area contributed by atoms with E-state index in [-0.39, 0.29) is 6.10 Å². The molecule has 1 aromatic carbocycles. The third-order valence-corrected chi connectivity index (χ3v) is 3.77. The highest BCUT2D eigenvalue weighted by molar-refractivity contribution is 5.29. The predicted molar refractivity (Wildman–Crippen MR) is 75.0 cm³/mol. The monoisotopic (exact) mass is 261 g/mol. The van der Waals surface area contributed by atoms with Gasteiger partial charge in [0.1, 0.15) is 0 Å². The van der Waals surface area contributed by atoms with Crippen LogP contribution in [-0.2, 0) is 16.0 Å². The molecule has 2 fully saturated rings. The number of ether oxygens (including phenoxy) is 2. The van der Waals surface area contributed by atoms with Crippen molar-refractivity contribution in [3.8, 4) is 0 Å². The van der Waals surface area contributed by atoms with E-state index >= 15 is 0 Å². The second-order valence-corrected chi connectivity index (χ2v) is 6.10. The molecular formula is C16H23NO2. The van der Waals surface area contributed by atoms with Crippen molar-refractivity contribution < 1.29 is 9.47 Å². The van der Waals surface area contributed by atoms with E-state index < -0.39 is 5.79 Å². The summed E-state index contributed by atoms with van der Waals surface area (Å²) in [6.45, 7) is 6.36. The normalized spacial score (nSPS) is 25.7. The van der Waals surface area contributed by atoms with Crippen molar-refractivity contribution in [2.24, 2.45) is 0 Å². The topological polar surface area (TPSA) is 30.5 Å². The molecule has 0 bridgehead atoms. The second kappa shape index (κ2) is 5.23. The second-order valence-electron chi connectivity index (χ2n) is 6.10. The Kier molecular flexibility index (Phi) is 3.61. The summed E-state index contributed by atoms with van der Waals surface area (Å²) in [6, 6.07) is 8.94. The summed E-state index contributed by atoms with van der Waals surface area (Å²) in [5.41, 5.74) is 2.86. The molecule has 2 aliphatic rings. The molecule has 0 amide bonds. The van der Waals surface area contributed by atoms with Crippen molar-refractivity contribution in [2.45, 2.75) is 51.0 Å². The van der Waals surface area contributed by atoms with Crippen LogP contribution in [0.4, 0.5) is 0 Å². The quantitative estimate of drug-likeness (QED) is 0.884. The van der Waals surface area contributed by atoms with E-state index in [2.05, 4.69) is 29.6 Å². The number of benzene rings is 1. The lowest BCUT2D eigenvalue weighted by Gasteiger charge is -2.17. The smallest absolute Gasteiger partial charge is 0.163 e. The van der Waals surface area contributed by atoms with Gasteiger partial charge in [-0.25, -0.2) is 0 Å². The zero-order chi connectivity index (χ0) is 13.3. The van der Waals surface area contributed by atoms with E-state index in [1.54, 1.807) is 0 Å². The predicted octanol–water partition coefficient (Wildman–Crippen LogP) is 2.81. The van der Waals surface area contributed by atoms with Crippen LogP contribution < -0.4 is 5.32 Å². The Morgan fingerprint density at radius 3 is 2.84 bits per heavy atom. The fourth-order valence-electron chi connectivity index (χ4n) is 2.61. The molecule has 3 heteroatoms. The molecule has 1 aliphatic heterocycles. The molecule has 0 aromatic heterocycles. The molecule has 104 valence electrons. The highest BCUT2D eigenvalue weighted by Gasteiger charge is 2.32. The molecule has 1 aliphatic carbocycles. The van der Waals surface area contributed by atoms with Crippen LogP contribution in [0.2, 0.25) is 0 Å². The standard InChI is InChI=1S/C16H23NO2/c1-16(2)18-11-15(19-16)10-17-9-12-4-3-5-14(8-12)13-6-7-13/h3-5,8,13,15,17H,6-7,9-11H2,1-2H3. The molecule has 1 atom stereocenters. The molecule has 1 N–H and O–H groups in total. The molecular weight excluding hydrogens is 238 g/mol. The van der Waals surface area contributed by atoms with Crippen molar-refractivity contribution in [1.82, 2.24) is 5.32 Å². The summed E-state index contributed by atoms with van der Waals surface area (Å²) in [5.74, 6) is 0.408. The summed E-state index contributed by atoms with van der Waals surface area (Å²) in [7, 11) is 0. The molecule has 1 saturated heterocycles. The van der Waals surface area contributed by atoms with E-state index in [1.807, 2.05) is 13.8 Å². The van der Waals surface area contributed by atoms with Gasteiger partial charge in [-0.3, -0.25) is 0 Å². The number of rotatable bonds is 5. The summed E-state index contributed by atoms with van der Waals surface area (Å²) < 4.78 is 11.3. The van der Waals surface area contributed by atoms with Crippen LogP contribution in [0.5, 0.6) is 0 Å². The van der Waals surface area contributed by atoms with Crippen LogP contribution >= 0.6 is 0 Å². The lowest BCUT2D eigenvalue weighted by atomic mass is 10.1. The first-order valence-corrected chi connectivity index (χ1v) is 7.24. The SMILES string of the molecule is CC1(C)OCC(CNCc2cccc(C3CC3)c2)O1. The Bertz CT molecular complexity index is 440. The van der Waals surface area contributed by atoms with Crippen molar-refractivity contribution >= 4 is 0 Å². The maximum absolute atomic E-state index is 5.77. The summed E-state index contributed by atoms with van der Waals surface area (Å²) in [5, 5.41) is 3.46. The summed E-state index contributed by atoms with van der Waals surface area (Å²) >= 11 is 0. The fraction of sp³-hybridized carbons (Fsp3) is 0.625. The van der Waals surface area contributed by atoms with Crippen molar-refractivity contribution in [1.29, 1.82) is 0 Å². The average molecular weight is 261 g/mol. The van der Waals surface area contributed by atoms with Gasteiger partial charge >= 0.3 is 0 Å². The maximum Gasteiger partial charge on any atom is 0.163 e. The zero-order valence-corrected chi connectivity index (χ0v) is 11.8. The number of hydrogen-bond donors (Lipinski definition) is 1. The molecule has 0 spiro atoms. The molecule has 1 saturated carbocycles. The van der Waals surface area contributed by atoms with Gasteiger partial charge in [-0.05, 0) is 43.7 Å². The Balaban J connectivity index is 1.46. The van der Waals surface area contributed by atoms with E-state index in [0.717, 1.165) is 19.0 Å². The van der Waals surface area contributed by atoms with Crippen molar-refractivity contribution in [3.63, 3.8) is 0 Å². The van der Waals surface area contributed by atoms with Gasteiger partial charge in [-0.2, -0.15) is 0 Å². The van der Waals surface area contributed by atoms with Gasteiger partial charge in [0, 0.05) is 13.1 Å². The first-order valence-electron chi connectivity index (χ1n) is 7.24. The lowest BCUT2D eigenvalue weighted by molar-refractivity contribution is -0.137. The van der Waals surface area contributed by atoms with E-state index in [9.17, 15) is 0 Å². The lowest BCUT2D eigenvalue weighted by Crippen LogP contribution is -2.30. The van der Waals surface area contributed by atoms with Gasteiger partial charge in [0.05, 0.1) is 12.7 Å². The van der Waals surface area contributed by atoms with Crippen LogP contribution in [0.25, 0.3) is 0 Å². The highest BCUT2D eigenvalue weighted by atomic mass is 16.7. The molecule has 1 aromatic rings. The zero-order valence-electron chi connectivity index (χ0n) is 11.8. The molecule has 3 nitrogen and oxygen atoms in total. The van der Waals surface area contributed by atoms with Crippen LogP contribution in [0.1, 0.15) is 43.7 Å². The van der Waals surface area contributed by atoms with Crippen LogP contribution in [0.3, 0.4) is 0 Å². The minimum atomic E-state index is -0.418. The van der Waals surface area contributed by atoms with Crippen LogP contribution in [-0.4, -0.2) is 25.0 Å². The summed E-state index contributed by atoms with van der Waals surface area (Å²) in [4.78, 5) is 0. The Morgan fingerprint density at radius 1 is 1.32 bits per heavy atom. The van der Waals surface area contributed by atoms with Crippen molar-refractivity contribution in [3.05, 3.63) is 35.4 Å². The van der Waals surface area contributed by atoms with Gasteiger partial charge in [-0.1, -0.05) is 24.3 Å². The molecule has 3 rings (SSSR count). The average Bonchev–Trinajstić information content (AvgIpc) is 3.16. The van der Waals surface area contributed by atoms with E-state index in [1.165, 1.54) is 24.0 Å².